The molecule has 1 rings (SSSR count). The Morgan fingerprint density at radius 1 is 1.31 bits per heavy atom. The van der Waals surface area contributed by atoms with E-state index in [9.17, 15) is 4.79 Å². The van der Waals surface area contributed by atoms with Crippen molar-refractivity contribution < 1.29 is 4.79 Å². The summed E-state index contributed by atoms with van der Waals surface area (Å²) in [7, 11) is 0. The summed E-state index contributed by atoms with van der Waals surface area (Å²) < 4.78 is 0. The van der Waals surface area contributed by atoms with Crippen LogP contribution in [0, 0.1) is 5.92 Å². The lowest BCUT2D eigenvalue weighted by Gasteiger charge is -2.15. The first-order valence-electron chi connectivity index (χ1n) is 5.39. The number of carbonyl (C=O) groups is 1. The number of ketones is 1. The average Bonchev–Trinajstić information content (AvgIpc) is 2.16. The van der Waals surface area contributed by atoms with Crippen molar-refractivity contribution in [3.63, 3.8) is 0 Å². The van der Waals surface area contributed by atoms with E-state index in [-0.39, 0.29) is 5.78 Å². The zero-order valence-electron chi connectivity index (χ0n) is 10.1. The van der Waals surface area contributed by atoms with E-state index in [1.54, 1.807) is 17.8 Å². The SMILES string of the molecule is CC(=O)c1ccc(SC(C)C(C)C)cc1Cl. The summed E-state index contributed by atoms with van der Waals surface area (Å²) in [6.45, 7) is 8.12. The lowest BCUT2D eigenvalue weighted by atomic mass is 10.1. The Kier molecular flexibility index (Phi) is 4.88. The normalized spacial score (nSPS) is 12.9. The van der Waals surface area contributed by atoms with Gasteiger partial charge < -0.3 is 0 Å². The second-order valence-electron chi connectivity index (χ2n) is 4.26. The van der Waals surface area contributed by atoms with Crippen LogP contribution in [-0.2, 0) is 0 Å². The van der Waals surface area contributed by atoms with Crippen LogP contribution in [0.15, 0.2) is 23.1 Å². The molecule has 16 heavy (non-hydrogen) atoms. The molecule has 0 radical (unpaired) electrons. The van der Waals surface area contributed by atoms with Gasteiger partial charge in [-0.1, -0.05) is 32.4 Å². The van der Waals surface area contributed by atoms with Gasteiger partial charge in [0.25, 0.3) is 0 Å². The van der Waals surface area contributed by atoms with Gasteiger partial charge in [0, 0.05) is 15.7 Å². The molecule has 0 aliphatic carbocycles. The molecule has 0 aliphatic heterocycles. The molecule has 0 saturated heterocycles. The molecule has 0 spiro atoms. The van der Waals surface area contributed by atoms with Crippen LogP contribution in [-0.4, -0.2) is 11.0 Å². The molecule has 0 saturated carbocycles. The molecule has 0 amide bonds. The Hall–Kier alpha value is -0.470. The molecule has 1 atom stereocenters. The number of rotatable bonds is 4. The standard InChI is InChI=1S/C13H17ClOS/c1-8(2)10(4)16-11-5-6-12(9(3)15)13(14)7-11/h5-8,10H,1-4H3. The molecule has 1 aromatic rings. The van der Waals surface area contributed by atoms with Crippen molar-refractivity contribution in [1.82, 2.24) is 0 Å². The molecule has 0 heterocycles. The van der Waals surface area contributed by atoms with E-state index in [1.807, 2.05) is 12.1 Å². The minimum Gasteiger partial charge on any atom is -0.294 e. The summed E-state index contributed by atoms with van der Waals surface area (Å²) in [6.07, 6.45) is 0. The maximum atomic E-state index is 11.2. The van der Waals surface area contributed by atoms with Gasteiger partial charge in [-0.05, 0) is 31.0 Å². The number of thioether (sulfide) groups is 1. The van der Waals surface area contributed by atoms with E-state index in [0.29, 0.717) is 21.8 Å². The van der Waals surface area contributed by atoms with Gasteiger partial charge in [0.05, 0.1) is 5.02 Å². The van der Waals surface area contributed by atoms with Gasteiger partial charge >= 0.3 is 0 Å². The van der Waals surface area contributed by atoms with Crippen molar-refractivity contribution in [3.05, 3.63) is 28.8 Å². The van der Waals surface area contributed by atoms with Crippen molar-refractivity contribution >= 4 is 29.1 Å². The van der Waals surface area contributed by atoms with Crippen LogP contribution in [0.4, 0.5) is 0 Å². The van der Waals surface area contributed by atoms with Crippen LogP contribution in [0.25, 0.3) is 0 Å². The predicted molar refractivity (Wildman–Crippen MR) is 71.6 cm³/mol. The fourth-order valence-corrected chi connectivity index (χ4v) is 2.62. The highest BCUT2D eigenvalue weighted by Crippen LogP contribution is 2.30. The van der Waals surface area contributed by atoms with Crippen LogP contribution in [0.3, 0.4) is 0 Å². The zero-order valence-corrected chi connectivity index (χ0v) is 11.7. The predicted octanol–water partition coefficient (Wildman–Crippen LogP) is 4.68. The van der Waals surface area contributed by atoms with Gasteiger partial charge in [0.15, 0.2) is 5.78 Å². The number of hydrogen-bond acceptors (Lipinski definition) is 2. The van der Waals surface area contributed by atoms with Crippen LogP contribution >= 0.6 is 23.4 Å². The van der Waals surface area contributed by atoms with Crippen molar-refractivity contribution in [1.29, 1.82) is 0 Å². The summed E-state index contributed by atoms with van der Waals surface area (Å²) in [6, 6.07) is 5.65. The van der Waals surface area contributed by atoms with E-state index >= 15 is 0 Å². The lowest BCUT2D eigenvalue weighted by molar-refractivity contribution is 0.101. The largest absolute Gasteiger partial charge is 0.294 e. The number of halogens is 1. The second kappa shape index (κ2) is 5.74. The van der Waals surface area contributed by atoms with Gasteiger partial charge in [-0.25, -0.2) is 0 Å². The van der Waals surface area contributed by atoms with Gasteiger partial charge in [0.2, 0.25) is 0 Å². The van der Waals surface area contributed by atoms with Gasteiger partial charge in [-0.15, -0.1) is 11.8 Å². The fraction of sp³-hybridized carbons (Fsp3) is 0.462. The summed E-state index contributed by atoms with van der Waals surface area (Å²) in [5.41, 5.74) is 0.600. The Balaban J connectivity index is 2.85. The molecular weight excluding hydrogens is 240 g/mol. The smallest absolute Gasteiger partial charge is 0.161 e. The van der Waals surface area contributed by atoms with E-state index < -0.39 is 0 Å². The molecule has 88 valence electrons. The first kappa shape index (κ1) is 13.6. The maximum Gasteiger partial charge on any atom is 0.161 e. The Morgan fingerprint density at radius 2 is 1.94 bits per heavy atom. The highest BCUT2D eigenvalue weighted by atomic mass is 35.5. The molecule has 0 aliphatic rings. The Morgan fingerprint density at radius 3 is 2.38 bits per heavy atom. The average molecular weight is 257 g/mol. The summed E-state index contributed by atoms with van der Waals surface area (Å²) in [5.74, 6) is 0.634. The highest BCUT2D eigenvalue weighted by Gasteiger charge is 2.11. The molecule has 1 aromatic carbocycles. The monoisotopic (exact) mass is 256 g/mol. The molecule has 0 fully saturated rings. The van der Waals surface area contributed by atoms with E-state index in [0.717, 1.165) is 4.90 Å². The molecular formula is C13H17ClOS. The van der Waals surface area contributed by atoms with Gasteiger partial charge in [0.1, 0.15) is 0 Å². The number of hydrogen-bond donors (Lipinski definition) is 0. The number of Topliss-reactive ketones (excluding diaryl/α,β-unsaturated/α-hetero) is 1. The van der Waals surface area contributed by atoms with E-state index in [2.05, 4.69) is 20.8 Å². The third-order valence-corrected chi connectivity index (χ3v) is 4.34. The van der Waals surface area contributed by atoms with Crippen LogP contribution < -0.4 is 0 Å². The summed E-state index contributed by atoms with van der Waals surface area (Å²) in [5, 5.41) is 1.09. The maximum absolute atomic E-state index is 11.2. The van der Waals surface area contributed by atoms with Crippen LogP contribution in [0.1, 0.15) is 38.1 Å². The van der Waals surface area contributed by atoms with Crippen molar-refractivity contribution in [2.75, 3.05) is 0 Å². The lowest BCUT2D eigenvalue weighted by Crippen LogP contribution is -2.05. The van der Waals surface area contributed by atoms with Crippen molar-refractivity contribution in [2.45, 2.75) is 37.8 Å². The highest BCUT2D eigenvalue weighted by molar-refractivity contribution is 8.00. The fourth-order valence-electron chi connectivity index (χ4n) is 1.21. The van der Waals surface area contributed by atoms with Crippen molar-refractivity contribution in [3.8, 4) is 0 Å². The molecule has 1 unspecified atom stereocenters. The number of benzene rings is 1. The van der Waals surface area contributed by atoms with Gasteiger partial charge in [-0.3, -0.25) is 4.79 Å². The minimum absolute atomic E-state index is 0.0125. The van der Waals surface area contributed by atoms with Crippen molar-refractivity contribution in [2.24, 2.45) is 5.92 Å². The Bertz CT molecular complexity index is 388. The molecule has 0 aromatic heterocycles. The second-order valence-corrected chi connectivity index (χ2v) is 6.12. The summed E-state index contributed by atoms with van der Waals surface area (Å²) in [4.78, 5) is 12.3. The number of carbonyl (C=O) groups excluding carboxylic acids is 1. The zero-order chi connectivity index (χ0) is 12.3. The molecule has 0 N–H and O–H groups in total. The quantitative estimate of drug-likeness (QED) is 0.575. The van der Waals surface area contributed by atoms with Crippen LogP contribution in [0.2, 0.25) is 5.02 Å². The molecule has 1 nitrogen and oxygen atoms in total. The minimum atomic E-state index is 0.0125. The Labute approximate surface area is 107 Å². The van der Waals surface area contributed by atoms with Gasteiger partial charge in [-0.2, -0.15) is 0 Å². The van der Waals surface area contributed by atoms with Crippen LogP contribution in [0.5, 0.6) is 0 Å². The first-order valence-corrected chi connectivity index (χ1v) is 6.64. The molecule has 0 bridgehead atoms. The summed E-state index contributed by atoms with van der Waals surface area (Å²) >= 11 is 7.84. The molecule has 3 heteroatoms. The third kappa shape index (κ3) is 3.53. The first-order chi connectivity index (χ1) is 7.41. The van der Waals surface area contributed by atoms with E-state index in [4.69, 9.17) is 11.6 Å². The topological polar surface area (TPSA) is 17.1 Å². The van der Waals surface area contributed by atoms with E-state index in [1.165, 1.54) is 6.92 Å². The third-order valence-electron chi connectivity index (χ3n) is 2.58.